The highest BCUT2D eigenvalue weighted by atomic mass is 79.9. The van der Waals surface area contributed by atoms with Crippen LogP contribution in [0.3, 0.4) is 0 Å². The molecule has 0 nitrogen and oxygen atoms in total. The highest BCUT2D eigenvalue weighted by Gasteiger charge is 2.18. The summed E-state index contributed by atoms with van der Waals surface area (Å²) in [5.41, 5.74) is 2.06. The summed E-state index contributed by atoms with van der Waals surface area (Å²) in [5, 5.41) is 0.927. The van der Waals surface area contributed by atoms with E-state index in [0.717, 1.165) is 22.9 Å². The van der Waals surface area contributed by atoms with Crippen LogP contribution in [0, 0.1) is 18.2 Å². The van der Waals surface area contributed by atoms with Crippen LogP contribution in [0.5, 0.6) is 0 Å². The topological polar surface area (TPSA) is 0 Å². The summed E-state index contributed by atoms with van der Waals surface area (Å²) in [4.78, 5) is 0. The average Bonchev–Trinajstić information content (AvgIpc) is 2.13. The summed E-state index contributed by atoms with van der Waals surface area (Å²) in [6, 6.07) is 5.30. The molecular weight excluding hydrogens is 243 g/mol. The fourth-order valence-electron chi connectivity index (χ4n) is 1.41. The summed E-state index contributed by atoms with van der Waals surface area (Å²) in [5.74, 6) is -0.104. The minimum Gasteiger partial charge on any atom is -0.207 e. The third-order valence-corrected chi connectivity index (χ3v) is 3.93. The molecule has 0 atom stereocenters. The standard InChI is InChI=1S/C12H16BrF/c1-9-10(5-4-6-11(9)14)7-12(2,3)8-13/h4-6H,7-8H2,1-3H3. The third kappa shape index (κ3) is 2.81. The molecule has 0 amide bonds. The summed E-state index contributed by atoms with van der Waals surface area (Å²) >= 11 is 3.48. The zero-order chi connectivity index (χ0) is 10.8. The second kappa shape index (κ2) is 4.43. The summed E-state index contributed by atoms with van der Waals surface area (Å²) < 4.78 is 13.2. The Bertz CT molecular complexity index is 318. The van der Waals surface area contributed by atoms with Crippen LogP contribution in [0.25, 0.3) is 0 Å². The van der Waals surface area contributed by atoms with E-state index < -0.39 is 0 Å². The molecule has 0 aliphatic heterocycles. The van der Waals surface area contributed by atoms with Gasteiger partial charge in [0.2, 0.25) is 0 Å². The smallest absolute Gasteiger partial charge is 0.126 e. The van der Waals surface area contributed by atoms with Crippen molar-refractivity contribution in [3.8, 4) is 0 Å². The van der Waals surface area contributed by atoms with Crippen molar-refractivity contribution in [2.24, 2.45) is 5.41 Å². The van der Waals surface area contributed by atoms with Crippen LogP contribution in [-0.4, -0.2) is 5.33 Å². The van der Waals surface area contributed by atoms with Gasteiger partial charge in [0.25, 0.3) is 0 Å². The maximum atomic E-state index is 13.2. The molecule has 0 aliphatic carbocycles. The maximum Gasteiger partial charge on any atom is 0.126 e. The molecule has 2 heteroatoms. The highest BCUT2D eigenvalue weighted by molar-refractivity contribution is 9.09. The lowest BCUT2D eigenvalue weighted by Gasteiger charge is -2.22. The van der Waals surface area contributed by atoms with Gasteiger partial charge in [0, 0.05) is 5.33 Å². The molecule has 1 aromatic rings. The summed E-state index contributed by atoms with van der Waals surface area (Å²) in [7, 11) is 0. The Balaban J connectivity index is 2.92. The van der Waals surface area contributed by atoms with Gasteiger partial charge in [-0.15, -0.1) is 0 Å². The molecule has 0 aromatic heterocycles. The Morgan fingerprint density at radius 3 is 2.57 bits per heavy atom. The van der Waals surface area contributed by atoms with Crippen molar-refractivity contribution < 1.29 is 4.39 Å². The highest BCUT2D eigenvalue weighted by Crippen LogP contribution is 2.26. The lowest BCUT2D eigenvalue weighted by Crippen LogP contribution is -2.17. The van der Waals surface area contributed by atoms with Crippen LogP contribution in [-0.2, 0) is 6.42 Å². The molecule has 0 radical (unpaired) electrons. The molecule has 0 bridgehead atoms. The molecule has 0 unspecified atom stereocenters. The molecule has 0 saturated carbocycles. The Hall–Kier alpha value is -0.370. The molecular formula is C12H16BrF. The van der Waals surface area contributed by atoms with E-state index in [0.29, 0.717) is 0 Å². The fraction of sp³-hybridized carbons (Fsp3) is 0.500. The second-order valence-corrected chi connectivity index (χ2v) is 5.06. The van der Waals surface area contributed by atoms with Crippen LogP contribution in [0.15, 0.2) is 18.2 Å². The van der Waals surface area contributed by atoms with Gasteiger partial charge in [0.15, 0.2) is 0 Å². The first-order valence-electron chi connectivity index (χ1n) is 4.76. The summed E-state index contributed by atoms with van der Waals surface area (Å²) in [6.45, 7) is 6.19. The van der Waals surface area contributed by atoms with Gasteiger partial charge in [0.1, 0.15) is 5.82 Å². The first kappa shape index (κ1) is 11.7. The quantitative estimate of drug-likeness (QED) is 0.717. The molecule has 1 rings (SSSR count). The lowest BCUT2D eigenvalue weighted by molar-refractivity contribution is 0.422. The normalized spacial score (nSPS) is 11.8. The SMILES string of the molecule is Cc1c(F)cccc1CC(C)(C)CBr. The van der Waals surface area contributed by atoms with Crippen LogP contribution >= 0.6 is 15.9 Å². The van der Waals surface area contributed by atoms with Crippen molar-refractivity contribution in [2.75, 3.05) is 5.33 Å². The van der Waals surface area contributed by atoms with Gasteiger partial charge in [-0.25, -0.2) is 4.39 Å². The zero-order valence-corrected chi connectivity index (χ0v) is 10.5. The lowest BCUT2D eigenvalue weighted by atomic mass is 9.86. The van der Waals surface area contributed by atoms with E-state index >= 15 is 0 Å². The first-order valence-corrected chi connectivity index (χ1v) is 5.88. The van der Waals surface area contributed by atoms with Crippen LogP contribution < -0.4 is 0 Å². The van der Waals surface area contributed by atoms with E-state index in [1.54, 1.807) is 6.07 Å². The van der Waals surface area contributed by atoms with Crippen molar-refractivity contribution >= 4 is 15.9 Å². The van der Waals surface area contributed by atoms with E-state index in [2.05, 4.69) is 29.8 Å². The minimum atomic E-state index is -0.104. The Morgan fingerprint density at radius 1 is 1.36 bits per heavy atom. The number of hydrogen-bond acceptors (Lipinski definition) is 0. The van der Waals surface area contributed by atoms with E-state index in [4.69, 9.17) is 0 Å². The van der Waals surface area contributed by atoms with Gasteiger partial charge < -0.3 is 0 Å². The van der Waals surface area contributed by atoms with Crippen molar-refractivity contribution in [3.05, 3.63) is 35.1 Å². The van der Waals surface area contributed by atoms with Gasteiger partial charge in [0.05, 0.1) is 0 Å². The molecule has 0 heterocycles. The van der Waals surface area contributed by atoms with E-state index in [9.17, 15) is 4.39 Å². The molecule has 0 aliphatic rings. The molecule has 14 heavy (non-hydrogen) atoms. The van der Waals surface area contributed by atoms with Gasteiger partial charge in [-0.05, 0) is 36.0 Å². The average molecular weight is 259 g/mol. The van der Waals surface area contributed by atoms with Crippen molar-refractivity contribution in [1.29, 1.82) is 0 Å². The summed E-state index contributed by atoms with van der Waals surface area (Å²) in [6.07, 6.45) is 0.905. The first-order chi connectivity index (χ1) is 6.46. The van der Waals surface area contributed by atoms with Crippen LogP contribution in [0.4, 0.5) is 4.39 Å². The Morgan fingerprint density at radius 2 is 2.00 bits per heavy atom. The van der Waals surface area contributed by atoms with Gasteiger partial charge in [-0.2, -0.15) is 0 Å². The molecule has 1 aromatic carbocycles. The number of rotatable bonds is 3. The maximum absolute atomic E-state index is 13.2. The zero-order valence-electron chi connectivity index (χ0n) is 8.90. The van der Waals surface area contributed by atoms with E-state index in [-0.39, 0.29) is 11.2 Å². The number of alkyl halides is 1. The predicted molar refractivity (Wildman–Crippen MR) is 62.4 cm³/mol. The van der Waals surface area contributed by atoms with Gasteiger partial charge in [-0.1, -0.05) is 41.9 Å². The third-order valence-electron chi connectivity index (χ3n) is 2.41. The fourth-order valence-corrected chi connectivity index (χ4v) is 1.60. The molecule has 0 fully saturated rings. The van der Waals surface area contributed by atoms with Crippen LogP contribution in [0.1, 0.15) is 25.0 Å². The minimum absolute atomic E-state index is 0.104. The number of halogens is 2. The van der Waals surface area contributed by atoms with Crippen molar-refractivity contribution in [1.82, 2.24) is 0 Å². The largest absolute Gasteiger partial charge is 0.207 e. The number of hydrogen-bond donors (Lipinski definition) is 0. The molecule has 0 N–H and O–H groups in total. The number of benzene rings is 1. The second-order valence-electron chi connectivity index (χ2n) is 4.50. The Kier molecular flexibility index (Phi) is 3.71. The van der Waals surface area contributed by atoms with Crippen molar-refractivity contribution in [2.45, 2.75) is 27.2 Å². The molecule has 0 spiro atoms. The van der Waals surface area contributed by atoms with Gasteiger partial charge >= 0.3 is 0 Å². The predicted octanol–water partition coefficient (Wildman–Crippen LogP) is 4.10. The van der Waals surface area contributed by atoms with Gasteiger partial charge in [-0.3, -0.25) is 0 Å². The Labute approximate surface area is 93.7 Å². The van der Waals surface area contributed by atoms with Crippen molar-refractivity contribution in [3.63, 3.8) is 0 Å². The van der Waals surface area contributed by atoms with E-state index in [1.165, 1.54) is 6.07 Å². The van der Waals surface area contributed by atoms with Crippen LogP contribution in [0.2, 0.25) is 0 Å². The van der Waals surface area contributed by atoms with E-state index in [1.807, 2.05) is 13.0 Å². The molecule has 0 saturated heterocycles. The molecule has 78 valence electrons. The monoisotopic (exact) mass is 258 g/mol.